The van der Waals surface area contributed by atoms with Crippen LogP contribution in [-0.2, 0) is 9.53 Å². The van der Waals surface area contributed by atoms with E-state index in [2.05, 4.69) is 19.2 Å². The largest absolute Gasteiger partial charge is 0.493 e. The van der Waals surface area contributed by atoms with E-state index in [0.717, 1.165) is 29.8 Å². The molecular weight excluding hydrogens is 290 g/mol. The summed E-state index contributed by atoms with van der Waals surface area (Å²) in [6.07, 6.45) is 2.12. The van der Waals surface area contributed by atoms with Crippen molar-refractivity contribution in [2.24, 2.45) is 11.8 Å². The zero-order valence-corrected chi connectivity index (χ0v) is 14.9. The topological polar surface area (TPSA) is 47.6 Å². The molecule has 4 nitrogen and oxygen atoms in total. The number of hydrogen-bond donors (Lipinski definition) is 1. The highest BCUT2D eigenvalue weighted by atomic mass is 16.5. The monoisotopic (exact) mass is 319 g/mol. The number of anilines is 1. The van der Waals surface area contributed by atoms with Crippen LogP contribution in [0.25, 0.3) is 0 Å². The van der Waals surface area contributed by atoms with Crippen LogP contribution >= 0.6 is 0 Å². The van der Waals surface area contributed by atoms with E-state index in [9.17, 15) is 4.79 Å². The second kappa shape index (κ2) is 7.35. The van der Waals surface area contributed by atoms with Crippen molar-refractivity contribution in [2.75, 3.05) is 18.5 Å². The lowest BCUT2D eigenvalue weighted by molar-refractivity contribution is -0.141. The standard InChI is InChI=1S/C19H29NO3/c1-6-23-19(5,15-7-8-15)18(21)20-16-9-10-17(14(4)11-16)22-12-13(2)3/h9-11,13,15H,6-8,12H2,1-5H3,(H,20,21)/t19-/m0/s1. The Morgan fingerprint density at radius 1 is 1.39 bits per heavy atom. The number of ether oxygens (including phenoxy) is 2. The first-order valence-electron chi connectivity index (χ1n) is 8.55. The van der Waals surface area contributed by atoms with E-state index < -0.39 is 5.60 Å². The fourth-order valence-electron chi connectivity index (χ4n) is 2.70. The second-order valence-electron chi connectivity index (χ2n) is 6.95. The van der Waals surface area contributed by atoms with Crippen LogP contribution in [0.4, 0.5) is 5.69 Å². The summed E-state index contributed by atoms with van der Waals surface area (Å²) in [7, 11) is 0. The van der Waals surface area contributed by atoms with Crippen LogP contribution in [0.1, 0.15) is 46.1 Å². The third kappa shape index (κ3) is 4.47. The summed E-state index contributed by atoms with van der Waals surface area (Å²) in [6, 6.07) is 5.76. The van der Waals surface area contributed by atoms with Crippen LogP contribution in [0.15, 0.2) is 18.2 Å². The van der Waals surface area contributed by atoms with E-state index in [4.69, 9.17) is 9.47 Å². The Kier molecular flexibility index (Phi) is 5.69. The smallest absolute Gasteiger partial charge is 0.256 e. The third-order valence-electron chi connectivity index (χ3n) is 4.26. The van der Waals surface area contributed by atoms with Gasteiger partial charge in [0.2, 0.25) is 0 Å². The Bertz CT molecular complexity index is 552. The van der Waals surface area contributed by atoms with Gasteiger partial charge in [0, 0.05) is 12.3 Å². The zero-order valence-electron chi connectivity index (χ0n) is 14.9. The van der Waals surface area contributed by atoms with Gasteiger partial charge in [0.1, 0.15) is 11.4 Å². The molecule has 1 aromatic rings. The molecule has 0 unspecified atom stereocenters. The molecule has 128 valence electrons. The molecule has 2 rings (SSSR count). The summed E-state index contributed by atoms with van der Waals surface area (Å²) < 4.78 is 11.5. The predicted octanol–water partition coefficient (Wildman–Crippen LogP) is 4.17. The fourth-order valence-corrected chi connectivity index (χ4v) is 2.70. The van der Waals surface area contributed by atoms with Crippen molar-refractivity contribution in [3.63, 3.8) is 0 Å². The number of rotatable bonds is 8. The lowest BCUT2D eigenvalue weighted by Crippen LogP contribution is -2.44. The van der Waals surface area contributed by atoms with E-state index in [1.165, 1.54) is 0 Å². The summed E-state index contributed by atoms with van der Waals surface area (Å²) in [5.74, 6) is 1.62. The van der Waals surface area contributed by atoms with Crippen LogP contribution in [0.3, 0.4) is 0 Å². The molecule has 0 spiro atoms. The minimum Gasteiger partial charge on any atom is -0.493 e. The number of nitrogens with one attached hydrogen (secondary N) is 1. The first kappa shape index (κ1) is 17.8. The van der Waals surface area contributed by atoms with Crippen molar-refractivity contribution in [3.8, 4) is 5.75 Å². The number of carbonyl (C=O) groups is 1. The van der Waals surface area contributed by atoms with E-state index in [0.29, 0.717) is 25.0 Å². The molecule has 1 amide bonds. The normalized spacial score (nSPS) is 17.0. The van der Waals surface area contributed by atoms with Gasteiger partial charge in [-0.3, -0.25) is 4.79 Å². The third-order valence-corrected chi connectivity index (χ3v) is 4.26. The van der Waals surface area contributed by atoms with Gasteiger partial charge in [-0.15, -0.1) is 0 Å². The van der Waals surface area contributed by atoms with Gasteiger partial charge in [-0.1, -0.05) is 13.8 Å². The Hall–Kier alpha value is -1.55. The maximum atomic E-state index is 12.6. The molecule has 23 heavy (non-hydrogen) atoms. The molecule has 0 heterocycles. The number of hydrogen-bond acceptors (Lipinski definition) is 3. The van der Waals surface area contributed by atoms with Gasteiger partial charge in [-0.25, -0.2) is 0 Å². The highest BCUT2D eigenvalue weighted by Gasteiger charge is 2.48. The number of amides is 1. The van der Waals surface area contributed by atoms with Crippen molar-refractivity contribution in [3.05, 3.63) is 23.8 Å². The van der Waals surface area contributed by atoms with Gasteiger partial charge < -0.3 is 14.8 Å². The summed E-state index contributed by atoms with van der Waals surface area (Å²) in [5.41, 5.74) is 1.08. The highest BCUT2D eigenvalue weighted by molar-refractivity contribution is 5.97. The summed E-state index contributed by atoms with van der Waals surface area (Å²) >= 11 is 0. The first-order valence-corrected chi connectivity index (χ1v) is 8.55. The lowest BCUT2D eigenvalue weighted by Gasteiger charge is -2.28. The molecule has 1 aromatic carbocycles. The Morgan fingerprint density at radius 3 is 2.61 bits per heavy atom. The Balaban J connectivity index is 2.04. The molecular formula is C19H29NO3. The SMILES string of the molecule is CCO[C@](C)(C(=O)Nc1ccc(OCC(C)C)c(C)c1)C1CC1. The quantitative estimate of drug-likeness (QED) is 0.782. The summed E-state index contributed by atoms with van der Waals surface area (Å²) in [4.78, 5) is 12.6. The molecule has 1 saturated carbocycles. The minimum absolute atomic E-state index is 0.0582. The molecule has 0 radical (unpaired) electrons. The number of aryl methyl sites for hydroxylation is 1. The van der Waals surface area contributed by atoms with Crippen LogP contribution in [0, 0.1) is 18.8 Å². The van der Waals surface area contributed by atoms with E-state index in [1.54, 1.807) is 0 Å². The molecule has 1 aliphatic carbocycles. The zero-order chi connectivity index (χ0) is 17.0. The second-order valence-corrected chi connectivity index (χ2v) is 6.95. The molecule has 1 fully saturated rings. The van der Waals surface area contributed by atoms with Gasteiger partial charge in [0.25, 0.3) is 5.91 Å². The van der Waals surface area contributed by atoms with E-state index in [-0.39, 0.29) is 5.91 Å². The van der Waals surface area contributed by atoms with Crippen molar-refractivity contribution in [1.82, 2.24) is 0 Å². The molecule has 1 atom stereocenters. The molecule has 0 aromatic heterocycles. The molecule has 1 N–H and O–H groups in total. The molecule has 1 aliphatic rings. The molecule has 0 saturated heterocycles. The van der Waals surface area contributed by atoms with Crippen LogP contribution in [0.2, 0.25) is 0 Å². The summed E-state index contributed by atoms with van der Waals surface area (Å²) in [5, 5.41) is 3.00. The first-order chi connectivity index (χ1) is 10.9. The van der Waals surface area contributed by atoms with E-state index in [1.807, 2.05) is 39.0 Å². The lowest BCUT2D eigenvalue weighted by atomic mass is 9.98. The van der Waals surface area contributed by atoms with Crippen LogP contribution < -0.4 is 10.1 Å². The Morgan fingerprint density at radius 2 is 2.09 bits per heavy atom. The number of carbonyl (C=O) groups excluding carboxylic acids is 1. The van der Waals surface area contributed by atoms with Gasteiger partial charge in [0.05, 0.1) is 6.61 Å². The van der Waals surface area contributed by atoms with Crippen molar-refractivity contribution < 1.29 is 14.3 Å². The van der Waals surface area contributed by atoms with Gasteiger partial charge in [-0.05, 0) is 69.2 Å². The van der Waals surface area contributed by atoms with Crippen LogP contribution in [-0.4, -0.2) is 24.7 Å². The van der Waals surface area contributed by atoms with Crippen LogP contribution in [0.5, 0.6) is 5.75 Å². The minimum atomic E-state index is -0.727. The Labute approximate surface area is 139 Å². The number of benzene rings is 1. The van der Waals surface area contributed by atoms with Crippen molar-refractivity contribution in [1.29, 1.82) is 0 Å². The average Bonchev–Trinajstić information content (AvgIpc) is 3.31. The maximum absolute atomic E-state index is 12.6. The van der Waals surface area contributed by atoms with Gasteiger partial charge >= 0.3 is 0 Å². The van der Waals surface area contributed by atoms with Gasteiger partial charge in [0.15, 0.2) is 0 Å². The molecule has 4 heteroatoms. The fraction of sp³-hybridized carbons (Fsp3) is 0.632. The predicted molar refractivity (Wildman–Crippen MR) is 92.9 cm³/mol. The maximum Gasteiger partial charge on any atom is 0.256 e. The molecule has 0 bridgehead atoms. The highest BCUT2D eigenvalue weighted by Crippen LogP contribution is 2.42. The van der Waals surface area contributed by atoms with Gasteiger partial charge in [-0.2, -0.15) is 0 Å². The van der Waals surface area contributed by atoms with Crippen molar-refractivity contribution >= 4 is 11.6 Å². The van der Waals surface area contributed by atoms with Crippen molar-refractivity contribution in [2.45, 2.75) is 53.1 Å². The van der Waals surface area contributed by atoms with E-state index >= 15 is 0 Å². The molecule has 0 aliphatic heterocycles. The summed E-state index contributed by atoms with van der Waals surface area (Å²) in [6.45, 7) is 11.3. The average molecular weight is 319 g/mol.